The molecule has 12 heavy (non-hydrogen) atoms. The van der Waals surface area contributed by atoms with Gasteiger partial charge in [-0.05, 0) is 13.3 Å². The molecule has 0 spiro atoms. The van der Waals surface area contributed by atoms with E-state index in [1.807, 2.05) is 0 Å². The van der Waals surface area contributed by atoms with Gasteiger partial charge in [0.25, 0.3) is 0 Å². The zero-order valence-electron chi connectivity index (χ0n) is 7.79. The first kappa shape index (κ1) is 9.49. The van der Waals surface area contributed by atoms with Crippen molar-refractivity contribution in [3.05, 3.63) is 24.3 Å². The molecule has 0 radical (unpaired) electrons. The van der Waals surface area contributed by atoms with Gasteiger partial charge in [-0.2, -0.15) is 0 Å². The average molecular weight is 166 g/mol. The number of rotatable bonds is 3. The summed E-state index contributed by atoms with van der Waals surface area (Å²) in [7, 11) is 0. The van der Waals surface area contributed by atoms with E-state index in [1.54, 1.807) is 0 Å². The van der Waals surface area contributed by atoms with Gasteiger partial charge < -0.3 is 5.73 Å². The Morgan fingerprint density at radius 3 is 3.08 bits per heavy atom. The van der Waals surface area contributed by atoms with E-state index in [9.17, 15) is 0 Å². The molecule has 1 heterocycles. The molecule has 0 aliphatic carbocycles. The molecule has 0 saturated heterocycles. The Morgan fingerprint density at radius 1 is 1.75 bits per heavy atom. The molecular weight excluding hydrogens is 148 g/mol. The molecule has 68 valence electrons. The van der Waals surface area contributed by atoms with Crippen molar-refractivity contribution in [2.75, 3.05) is 19.6 Å². The van der Waals surface area contributed by atoms with Crippen LogP contribution in [0.5, 0.6) is 0 Å². The Labute approximate surface area is 74.7 Å². The molecule has 1 rings (SSSR count). The first-order chi connectivity index (χ1) is 5.74. The molecular formula is C10H18N2. The highest BCUT2D eigenvalue weighted by atomic mass is 15.2. The van der Waals surface area contributed by atoms with Crippen molar-refractivity contribution in [1.82, 2.24) is 4.90 Å². The van der Waals surface area contributed by atoms with E-state index in [1.165, 1.54) is 5.57 Å². The third kappa shape index (κ3) is 2.47. The molecule has 0 saturated carbocycles. The summed E-state index contributed by atoms with van der Waals surface area (Å²) in [6, 6.07) is 0.426. The lowest BCUT2D eigenvalue weighted by Gasteiger charge is -2.31. The molecule has 0 aromatic heterocycles. The first-order valence-corrected chi connectivity index (χ1v) is 4.49. The van der Waals surface area contributed by atoms with E-state index >= 15 is 0 Å². The predicted molar refractivity (Wildman–Crippen MR) is 53.0 cm³/mol. The molecule has 1 unspecified atom stereocenters. The van der Waals surface area contributed by atoms with Crippen LogP contribution in [0.25, 0.3) is 0 Å². The minimum Gasteiger partial charge on any atom is -0.329 e. The fourth-order valence-electron chi connectivity index (χ4n) is 1.55. The fourth-order valence-corrected chi connectivity index (χ4v) is 1.55. The minimum atomic E-state index is 0.426. The maximum Gasteiger partial charge on any atom is 0.0404 e. The Hall–Kier alpha value is -0.600. The quantitative estimate of drug-likeness (QED) is 0.637. The van der Waals surface area contributed by atoms with Crippen LogP contribution in [0.2, 0.25) is 0 Å². The molecule has 0 aromatic carbocycles. The van der Waals surface area contributed by atoms with Gasteiger partial charge in [-0.15, -0.1) is 0 Å². The van der Waals surface area contributed by atoms with E-state index in [0.29, 0.717) is 12.6 Å². The van der Waals surface area contributed by atoms with Gasteiger partial charge in [0.15, 0.2) is 0 Å². The van der Waals surface area contributed by atoms with Crippen LogP contribution in [0.1, 0.15) is 13.3 Å². The van der Waals surface area contributed by atoms with Crippen molar-refractivity contribution in [3.63, 3.8) is 0 Å². The first-order valence-electron chi connectivity index (χ1n) is 4.49. The molecule has 0 bridgehead atoms. The zero-order valence-corrected chi connectivity index (χ0v) is 7.79. The number of nitrogens with two attached hydrogens (primary N) is 1. The molecule has 1 aliphatic heterocycles. The third-order valence-corrected chi connectivity index (χ3v) is 2.12. The van der Waals surface area contributed by atoms with Crippen LogP contribution >= 0.6 is 0 Å². The summed E-state index contributed by atoms with van der Waals surface area (Å²) < 4.78 is 0. The van der Waals surface area contributed by atoms with Gasteiger partial charge >= 0.3 is 0 Å². The fraction of sp³-hybridized carbons (Fsp3) is 0.600. The maximum atomic E-state index is 5.65. The van der Waals surface area contributed by atoms with Gasteiger partial charge in [-0.25, -0.2) is 0 Å². The van der Waals surface area contributed by atoms with Crippen molar-refractivity contribution < 1.29 is 0 Å². The highest BCUT2D eigenvalue weighted by Crippen LogP contribution is 2.10. The smallest absolute Gasteiger partial charge is 0.0404 e. The summed E-state index contributed by atoms with van der Waals surface area (Å²) >= 11 is 0. The van der Waals surface area contributed by atoms with E-state index < -0.39 is 0 Å². The second-order valence-corrected chi connectivity index (χ2v) is 3.45. The second-order valence-electron chi connectivity index (χ2n) is 3.45. The van der Waals surface area contributed by atoms with Gasteiger partial charge in [-0.1, -0.05) is 24.3 Å². The molecule has 1 atom stereocenters. The normalized spacial score (nSPS) is 24.3. The molecule has 1 aliphatic rings. The van der Waals surface area contributed by atoms with E-state index in [0.717, 1.165) is 19.5 Å². The lowest BCUT2D eigenvalue weighted by atomic mass is 10.1. The molecule has 2 N–H and O–H groups in total. The second kappa shape index (κ2) is 4.43. The molecule has 0 amide bonds. The van der Waals surface area contributed by atoms with Crippen LogP contribution in [0.3, 0.4) is 0 Å². The summed E-state index contributed by atoms with van der Waals surface area (Å²) in [5.41, 5.74) is 6.86. The van der Waals surface area contributed by atoms with E-state index in [4.69, 9.17) is 5.73 Å². The lowest BCUT2D eigenvalue weighted by molar-refractivity contribution is 0.246. The van der Waals surface area contributed by atoms with Crippen LogP contribution in [-0.4, -0.2) is 30.6 Å². The van der Waals surface area contributed by atoms with E-state index in [-0.39, 0.29) is 0 Å². The minimum absolute atomic E-state index is 0.426. The van der Waals surface area contributed by atoms with Crippen molar-refractivity contribution in [1.29, 1.82) is 0 Å². The van der Waals surface area contributed by atoms with Gasteiger partial charge in [0, 0.05) is 25.7 Å². The summed E-state index contributed by atoms with van der Waals surface area (Å²) in [5, 5.41) is 0. The summed E-state index contributed by atoms with van der Waals surface area (Å²) in [5.74, 6) is 0. The number of nitrogens with zero attached hydrogens (tertiary/aromatic N) is 1. The standard InChI is InChI=1S/C10H18N2/c1-9(2)8-12-6-4-3-5-10(12)7-11/h3,5,10H,1,4,6-8,11H2,2H3. The molecule has 0 aromatic rings. The molecule has 0 fully saturated rings. The van der Waals surface area contributed by atoms with Gasteiger partial charge in [0.1, 0.15) is 0 Å². The van der Waals surface area contributed by atoms with Crippen molar-refractivity contribution >= 4 is 0 Å². The average Bonchev–Trinajstić information content (AvgIpc) is 2.04. The predicted octanol–water partition coefficient (Wildman–Crippen LogP) is 1.15. The van der Waals surface area contributed by atoms with Gasteiger partial charge in [0.05, 0.1) is 0 Å². The summed E-state index contributed by atoms with van der Waals surface area (Å²) in [6.45, 7) is 8.78. The van der Waals surface area contributed by atoms with Crippen molar-refractivity contribution in [2.24, 2.45) is 5.73 Å². The molecule has 2 nitrogen and oxygen atoms in total. The van der Waals surface area contributed by atoms with Gasteiger partial charge in [-0.3, -0.25) is 4.90 Å². The monoisotopic (exact) mass is 166 g/mol. The lowest BCUT2D eigenvalue weighted by Crippen LogP contribution is -2.42. The van der Waals surface area contributed by atoms with Crippen molar-refractivity contribution in [3.8, 4) is 0 Å². The highest BCUT2D eigenvalue weighted by molar-refractivity contribution is 5.04. The topological polar surface area (TPSA) is 29.3 Å². The van der Waals surface area contributed by atoms with Crippen LogP contribution in [0, 0.1) is 0 Å². The van der Waals surface area contributed by atoms with Crippen LogP contribution in [0.15, 0.2) is 24.3 Å². The maximum absolute atomic E-state index is 5.65. The van der Waals surface area contributed by atoms with Crippen LogP contribution < -0.4 is 5.73 Å². The highest BCUT2D eigenvalue weighted by Gasteiger charge is 2.15. The van der Waals surface area contributed by atoms with Crippen LogP contribution in [0.4, 0.5) is 0 Å². The Balaban J connectivity index is 2.50. The Kier molecular flexibility index (Phi) is 3.50. The Bertz CT molecular complexity index is 184. The van der Waals surface area contributed by atoms with Gasteiger partial charge in [0.2, 0.25) is 0 Å². The number of hydrogen-bond donors (Lipinski definition) is 1. The number of hydrogen-bond acceptors (Lipinski definition) is 2. The molecule has 2 heteroatoms. The summed E-state index contributed by atoms with van der Waals surface area (Å²) in [4.78, 5) is 2.38. The Morgan fingerprint density at radius 2 is 2.50 bits per heavy atom. The van der Waals surface area contributed by atoms with Crippen molar-refractivity contribution in [2.45, 2.75) is 19.4 Å². The SMILES string of the molecule is C=C(C)CN1CCC=CC1CN. The van der Waals surface area contributed by atoms with Crippen LogP contribution in [-0.2, 0) is 0 Å². The summed E-state index contributed by atoms with van der Waals surface area (Å²) in [6.07, 6.45) is 5.56. The third-order valence-electron chi connectivity index (χ3n) is 2.12. The zero-order chi connectivity index (χ0) is 8.97. The largest absolute Gasteiger partial charge is 0.329 e. The van der Waals surface area contributed by atoms with E-state index in [2.05, 4.69) is 30.6 Å².